The second kappa shape index (κ2) is 4.97. The van der Waals surface area contributed by atoms with Crippen molar-refractivity contribution in [3.63, 3.8) is 0 Å². The van der Waals surface area contributed by atoms with Crippen LogP contribution < -0.4 is 0 Å². The zero-order valence-electron chi connectivity index (χ0n) is 9.53. The lowest BCUT2D eigenvalue weighted by molar-refractivity contribution is -0.137. The number of hydrogen-bond donors (Lipinski definition) is 1. The van der Waals surface area contributed by atoms with Crippen molar-refractivity contribution in [2.75, 3.05) is 0 Å². The highest BCUT2D eigenvalue weighted by atomic mass is 19.4. The zero-order chi connectivity index (χ0) is 14.0. The smallest absolute Gasteiger partial charge is 0.382 e. The summed E-state index contributed by atoms with van der Waals surface area (Å²) in [4.78, 5) is 3.64. The summed E-state index contributed by atoms with van der Waals surface area (Å²) in [6.45, 7) is 0. The number of aromatic nitrogens is 1. The molecule has 0 aliphatic heterocycles. The van der Waals surface area contributed by atoms with Gasteiger partial charge in [0, 0.05) is 6.20 Å². The van der Waals surface area contributed by atoms with E-state index in [4.69, 9.17) is 0 Å². The van der Waals surface area contributed by atoms with E-state index in [9.17, 15) is 22.7 Å². The normalized spacial score (nSPS) is 13.3. The van der Waals surface area contributed by atoms with Gasteiger partial charge in [-0.05, 0) is 29.8 Å². The van der Waals surface area contributed by atoms with Crippen molar-refractivity contribution in [3.8, 4) is 0 Å². The predicted molar refractivity (Wildman–Crippen MR) is 59.7 cm³/mol. The molecule has 0 radical (unpaired) electrons. The molecule has 2 rings (SSSR count). The summed E-state index contributed by atoms with van der Waals surface area (Å²) in [6, 6.07) is 6.51. The number of pyridine rings is 1. The molecule has 1 atom stereocenters. The number of nitrogens with zero attached hydrogens (tertiary/aromatic N) is 1. The summed E-state index contributed by atoms with van der Waals surface area (Å²) >= 11 is 0. The number of benzene rings is 1. The fourth-order valence-electron chi connectivity index (χ4n) is 1.64. The van der Waals surface area contributed by atoms with Gasteiger partial charge in [-0.25, -0.2) is 4.39 Å². The number of alkyl halides is 3. The largest absolute Gasteiger partial charge is 0.416 e. The molecule has 1 N–H and O–H groups in total. The number of aliphatic hydroxyl groups excluding tert-OH is 1. The minimum atomic E-state index is -4.52. The lowest BCUT2D eigenvalue weighted by atomic mass is 10.0. The Hall–Kier alpha value is -1.95. The van der Waals surface area contributed by atoms with Crippen LogP contribution in [0.25, 0.3) is 0 Å². The highest BCUT2D eigenvalue weighted by molar-refractivity contribution is 5.31. The topological polar surface area (TPSA) is 33.1 Å². The number of halogens is 4. The van der Waals surface area contributed by atoms with Crippen LogP contribution in [0.1, 0.15) is 22.9 Å². The van der Waals surface area contributed by atoms with E-state index >= 15 is 0 Å². The van der Waals surface area contributed by atoms with Crippen LogP contribution in [-0.2, 0) is 6.18 Å². The zero-order valence-corrected chi connectivity index (χ0v) is 9.53. The van der Waals surface area contributed by atoms with Gasteiger partial charge in [0.05, 0.1) is 5.56 Å². The highest BCUT2D eigenvalue weighted by Gasteiger charge is 2.31. The van der Waals surface area contributed by atoms with Gasteiger partial charge in [0.1, 0.15) is 17.6 Å². The van der Waals surface area contributed by atoms with Gasteiger partial charge in [0.2, 0.25) is 0 Å². The first kappa shape index (κ1) is 13.5. The molecular weight excluding hydrogens is 262 g/mol. The van der Waals surface area contributed by atoms with Crippen molar-refractivity contribution in [3.05, 3.63) is 65.2 Å². The van der Waals surface area contributed by atoms with Crippen LogP contribution in [0.2, 0.25) is 0 Å². The Kier molecular flexibility index (Phi) is 3.53. The molecule has 0 aliphatic carbocycles. The first-order valence-electron chi connectivity index (χ1n) is 5.35. The van der Waals surface area contributed by atoms with E-state index in [0.29, 0.717) is 0 Å². The van der Waals surface area contributed by atoms with Gasteiger partial charge >= 0.3 is 6.18 Å². The van der Waals surface area contributed by atoms with Crippen LogP contribution >= 0.6 is 0 Å². The van der Waals surface area contributed by atoms with E-state index in [1.54, 1.807) is 0 Å². The average molecular weight is 271 g/mol. The molecule has 0 spiro atoms. The minimum absolute atomic E-state index is 0.0626. The fraction of sp³-hybridized carbons (Fsp3) is 0.154. The van der Waals surface area contributed by atoms with Crippen molar-refractivity contribution in [2.45, 2.75) is 12.3 Å². The lowest BCUT2D eigenvalue weighted by Crippen LogP contribution is -2.09. The van der Waals surface area contributed by atoms with Gasteiger partial charge in [0.15, 0.2) is 0 Å². The Morgan fingerprint density at radius 1 is 1.11 bits per heavy atom. The van der Waals surface area contributed by atoms with Gasteiger partial charge in [-0.1, -0.05) is 12.1 Å². The molecule has 1 heterocycles. The standard InChI is InChI=1S/C13H9F4NO/c14-10-5-2-6-18-11(10)12(19)8-3-1-4-9(7-8)13(15,16)17/h1-7,12,19H. The Bertz CT molecular complexity index is 583. The Labute approximate surface area is 106 Å². The molecule has 100 valence electrons. The van der Waals surface area contributed by atoms with E-state index in [1.807, 2.05) is 0 Å². The summed E-state index contributed by atoms with van der Waals surface area (Å²) < 4.78 is 51.0. The van der Waals surface area contributed by atoms with E-state index in [-0.39, 0.29) is 11.3 Å². The molecule has 0 amide bonds. The molecule has 1 aromatic heterocycles. The molecule has 19 heavy (non-hydrogen) atoms. The summed E-state index contributed by atoms with van der Waals surface area (Å²) in [5.74, 6) is -0.771. The van der Waals surface area contributed by atoms with Crippen molar-refractivity contribution in [2.24, 2.45) is 0 Å². The fourth-order valence-corrected chi connectivity index (χ4v) is 1.64. The molecule has 1 aromatic carbocycles. The third kappa shape index (κ3) is 2.90. The van der Waals surface area contributed by atoms with Crippen molar-refractivity contribution in [1.29, 1.82) is 0 Å². The molecule has 2 nitrogen and oxygen atoms in total. The SMILES string of the molecule is OC(c1cccc(C(F)(F)F)c1)c1ncccc1F. The van der Waals surface area contributed by atoms with Gasteiger partial charge in [-0.2, -0.15) is 13.2 Å². The van der Waals surface area contributed by atoms with Gasteiger partial charge < -0.3 is 5.11 Å². The number of hydrogen-bond acceptors (Lipinski definition) is 2. The van der Waals surface area contributed by atoms with Crippen LogP contribution in [0.4, 0.5) is 17.6 Å². The van der Waals surface area contributed by atoms with E-state index < -0.39 is 23.7 Å². The molecule has 1 unspecified atom stereocenters. The van der Waals surface area contributed by atoms with E-state index in [1.165, 1.54) is 18.3 Å². The third-order valence-corrected chi connectivity index (χ3v) is 2.58. The number of aliphatic hydroxyl groups is 1. The van der Waals surface area contributed by atoms with Crippen LogP contribution in [0.3, 0.4) is 0 Å². The first-order valence-corrected chi connectivity index (χ1v) is 5.35. The minimum Gasteiger partial charge on any atom is -0.382 e. The Balaban J connectivity index is 2.40. The molecular formula is C13H9F4NO. The second-order valence-corrected chi connectivity index (χ2v) is 3.90. The lowest BCUT2D eigenvalue weighted by Gasteiger charge is -2.13. The average Bonchev–Trinajstić information content (AvgIpc) is 2.38. The Morgan fingerprint density at radius 3 is 2.47 bits per heavy atom. The first-order chi connectivity index (χ1) is 8.89. The van der Waals surface area contributed by atoms with Crippen molar-refractivity contribution in [1.82, 2.24) is 4.98 Å². The van der Waals surface area contributed by atoms with Gasteiger partial charge in [-0.3, -0.25) is 4.98 Å². The maximum Gasteiger partial charge on any atom is 0.416 e. The quantitative estimate of drug-likeness (QED) is 0.850. The maximum atomic E-state index is 13.4. The molecule has 0 bridgehead atoms. The van der Waals surface area contributed by atoms with E-state index in [0.717, 1.165) is 24.3 Å². The van der Waals surface area contributed by atoms with Crippen molar-refractivity contribution < 1.29 is 22.7 Å². The highest BCUT2D eigenvalue weighted by Crippen LogP contribution is 2.32. The molecule has 0 saturated carbocycles. The van der Waals surface area contributed by atoms with Crippen LogP contribution in [0.5, 0.6) is 0 Å². The van der Waals surface area contributed by atoms with Crippen molar-refractivity contribution >= 4 is 0 Å². The molecule has 0 fully saturated rings. The summed E-state index contributed by atoms with van der Waals surface area (Å²) in [6.07, 6.45) is -4.79. The van der Waals surface area contributed by atoms with Crippen LogP contribution in [0.15, 0.2) is 42.6 Å². The molecule has 0 saturated heterocycles. The third-order valence-electron chi connectivity index (χ3n) is 2.58. The van der Waals surface area contributed by atoms with Gasteiger partial charge in [0.25, 0.3) is 0 Å². The Morgan fingerprint density at radius 2 is 1.84 bits per heavy atom. The second-order valence-electron chi connectivity index (χ2n) is 3.90. The monoisotopic (exact) mass is 271 g/mol. The summed E-state index contributed by atoms with van der Waals surface area (Å²) in [7, 11) is 0. The van der Waals surface area contributed by atoms with Crippen LogP contribution in [0, 0.1) is 5.82 Å². The predicted octanol–water partition coefficient (Wildman–Crippen LogP) is 3.32. The summed E-state index contributed by atoms with van der Waals surface area (Å²) in [5, 5.41) is 9.89. The van der Waals surface area contributed by atoms with Gasteiger partial charge in [-0.15, -0.1) is 0 Å². The van der Waals surface area contributed by atoms with Crippen LogP contribution in [-0.4, -0.2) is 10.1 Å². The molecule has 2 aromatic rings. The maximum absolute atomic E-state index is 13.4. The van der Waals surface area contributed by atoms with E-state index in [2.05, 4.69) is 4.98 Å². The number of rotatable bonds is 2. The summed E-state index contributed by atoms with van der Waals surface area (Å²) in [5.41, 5.74) is -1.27. The molecule has 0 aliphatic rings. The molecule has 6 heteroatoms.